The highest BCUT2D eigenvalue weighted by atomic mass is 16.5. The number of unbranched alkanes of at least 4 members (excludes halogenated alkanes) is 15. The van der Waals surface area contributed by atoms with E-state index < -0.39 is 0 Å². The molecular weight excluding hydrogens is 584 g/mol. The molecule has 0 aromatic carbocycles. The molecule has 1 aliphatic carbocycles. The van der Waals surface area contributed by atoms with Gasteiger partial charge in [0.25, 0.3) is 0 Å². The Morgan fingerprint density at radius 2 is 1.17 bits per heavy atom. The van der Waals surface area contributed by atoms with Crippen LogP contribution in [0.2, 0.25) is 0 Å². The number of amides is 2. The number of piperidine rings is 1. The molecule has 0 aromatic heterocycles. The van der Waals surface area contributed by atoms with Crippen molar-refractivity contribution in [3.05, 3.63) is 12.2 Å². The lowest BCUT2D eigenvalue weighted by Gasteiger charge is -2.29. The van der Waals surface area contributed by atoms with Crippen molar-refractivity contribution < 1.29 is 14.3 Å². The molecule has 0 aromatic rings. The largest absolute Gasteiger partial charge is 0.449 e. The number of nitrogens with one attached hydrogen (secondary N) is 2. The summed E-state index contributed by atoms with van der Waals surface area (Å²) >= 11 is 0. The minimum Gasteiger partial charge on any atom is -0.449 e. The van der Waals surface area contributed by atoms with Crippen LogP contribution in [0.5, 0.6) is 0 Å². The van der Waals surface area contributed by atoms with E-state index in [4.69, 9.17) is 4.74 Å². The SMILES string of the molecule is CCCCCCCCCCCCCCCCCCNC(=O)OCC1CC=CCC1C(=O)NCCN1CCCCC1.CCN(CC)CC. The number of carbonyl (C=O) groups is 2. The normalized spacial score (nSPS) is 18.1. The highest BCUT2D eigenvalue weighted by Gasteiger charge is 2.30. The van der Waals surface area contributed by atoms with Gasteiger partial charge in [0, 0.05) is 31.5 Å². The minimum atomic E-state index is -0.347. The first kappa shape index (κ1) is 43.4. The summed E-state index contributed by atoms with van der Waals surface area (Å²) in [5.74, 6) is 0.0456. The fourth-order valence-corrected chi connectivity index (χ4v) is 6.80. The first-order valence-corrected chi connectivity index (χ1v) is 20.3. The zero-order valence-electron chi connectivity index (χ0n) is 31.6. The summed E-state index contributed by atoms with van der Waals surface area (Å²) in [6.07, 6.45) is 30.8. The third-order valence-electron chi connectivity index (χ3n) is 10.1. The van der Waals surface area contributed by atoms with Crippen LogP contribution >= 0.6 is 0 Å². The summed E-state index contributed by atoms with van der Waals surface area (Å²) in [6.45, 7) is 17.3. The van der Waals surface area contributed by atoms with E-state index >= 15 is 0 Å². The van der Waals surface area contributed by atoms with Gasteiger partial charge < -0.3 is 25.2 Å². The fraction of sp³-hybridized carbons (Fsp3) is 0.900. The molecule has 2 aliphatic rings. The van der Waals surface area contributed by atoms with Crippen LogP contribution in [-0.4, -0.2) is 80.8 Å². The second-order valence-corrected chi connectivity index (χ2v) is 14.0. The molecule has 1 aliphatic heterocycles. The fourth-order valence-electron chi connectivity index (χ4n) is 6.80. The minimum absolute atomic E-state index is 0.0567. The number of hydrogen-bond donors (Lipinski definition) is 2. The second-order valence-electron chi connectivity index (χ2n) is 14.0. The van der Waals surface area contributed by atoms with Crippen molar-refractivity contribution in [3.63, 3.8) is 0 Å². The Kier molecular flexibility index (Phi) is 29.2. The lowest BCUT2D eigenvalue weighted by Crippen LogP contribution is -2.42. The Balaban J connectivity index is 0.00000141. The highest BCUT2D eigenvalue weighted by molar-refractivity contribution is 5.79. The molecular formula is C40H78N4O3. The molecule has 7 nitrogen and oxygen atoms in total. The Morgan fingerprint density at radius 3 is 1.68 bits per heavy atom. The van der Waals surface area contributed by atoms with E-state index in [0.29, 0.717) is 19.7 Å². The molecule has 2 amide bonds. The molecule has 0 spiro atoms. The van der Waals surface area contributed by atoms with Crippen molar-refractivity contribution in [2.45, 2.75) is 163 Å². The topological polar surface area (TPSA) is 73.9 Å². The first-order valence-electron chi connectivity index (χ1n) is 20.3. The first-order chi connectivity index (χ1) is 23.0. The average Bonchev–Trinajstić information content (AvgIpc) is 3.10. The van der Waals surface area contributed by atoms with Crippen LogP contribution in [0, 0.1) is 11.8 Å². The summed E-state index contributed by atoms with van der Waals surface area (Å²) < 4.78 is 5.52. The Hall–Kier alpha value is -1.60. The van der Waals surface area contributed by atoms with Crippen molar-refractivity contribution in [1.82, 2.24) is 20.4 Å². The molecule has 2 unspecified atom stereocenters. The number of allylic oxidation sites excluding steroid dienone is 2. The standard InChI is InChI=1S/C34H63N3O3.C6H15N/c1-2-3-4-5-6-7-8-9-10-11-12-13-14-15-16-20-25-36-34(39)40-30-31-23-18-19-24-32(31)33(38)35-26-29-37-27-21-17-22-28-37;1-4-7(5-2)6-3/h18-19,31-32H,2-17,20-30H2,1H3,(H,35,38)(H,36,39);4-6H2,1-3H3. The molecule has 0 bridgehead atoms. The van der Waals surface area contributed by atoms with Crippen LogP contribution in [0.1, 0.15) is 163 Å². The zero-order chi connectivity index (χ0) is 34.2. The van der Waals surface area contributed by atoms with Gasteiger partial charge in [-0.15, -0.1) is 0 Å². The van der Waals surface area contributed by atoms with Gasteiger partial charge in [0.15, 0.2) is 0 Å². The van der Waals surface area contributed by atoms with E-state index in [1.54, 1.807) is 0 Å². The Labute approximate surface area is 291 Å². The molecule has 2 N–H and O–H groups in total. The summed E-state index contributed by atoms with van der Waals surface area (Å²) in [5, 5.41) is 6.03. The molecule has 276 valence electrons. The number of carbonyl (C=O) groups excluding carboxylic acids is 2. The van der Waals surface area contributed by atoms with E-state index in [9.17, 15) is 9.59 Å². The van der Waals surface area contributed by atoms with Gasteiger partial charge in [-0.2, -0.15) is 0 Å². The van der Waals surface area contributed by atoms with Crippen LogP contribution in [0.3, 0.4) is 0 Å². The van der Waals surface area contributed by atoms with Crippen molar-refractivity contribution >= 4 is 12.0 Å². The van der Waals surface area contributed by atoms with Crippen LogP contribution in [0.15, 0.2) is 12.2 Å². The van der Waals surface area contributed by atoms with Gasteiger partial charge in [0.2, 0.25) is 5.91 Å². The van der Waals surface area contributed by atoms with E-state index in [2.05, 4.69) is 60.3 Å². The van der Waals surface area contributed by atoms with Crippen molar-refractivity contribution in [2.24, 2.45) is 11.8 Å². The second kappa shape index (κ2) is 31.7. The van der Waals surface area contributed by atoms with E-state index in [0.717, 1.165) is 45.3 Å². The molecule has 2 rings (SSSR count). The van der Waals surface area contributed by atoms with Gasteiger partial charge in [0.1, 0.15) is 0 Å². The predicted molar refractivity (Wildman–Crippen MR) is 201 cm³/mol. The van der Waals surface area contributed by atoms with Crippen LogP contribution in [-0.2, 0) is 9.53 Å². The maximum Gasteiger partial charge on any atom is 0.407 e. The van der Waals surface area contributed by atoms with Crippen molar-refractivity contribution in [1.29, 1.82) is 0 Å². The molecule has 0 saturated carbocycles. The smallest absolute Gasteiger partial charge is 0.407 e. The molecule has 0 radical (unpaired) electrons. The van der Waals surface area contributed by atoms with E-state index in [1.165, 1.54) is 129 Å². The van der Waals surface area contributed by atoms with Gasteiger partial charge in [-0.1, -0.05) is 143 Å². The predicted octanol–water partition coefficient (Wildman–Crippen LogP) is 9.51. The average molecular weight is 663 g/mol. The monoisotopic (exact) mass is 663 g/mol. The van der Waals surface area contributed by atoms with Gasteiger partial charge in [-0.05, 0) is 64.8 Å². The van der Waals surface area contributed by atoms with Crippen molar-refractivity contribution in [2.75, 3.05) is 59.0 Å². The van der Waals surface area contributed by atoms with E-state index in [1.807, 2.05) is 0 Å². The van der Waals surface area contributed by atoms with Crippen molar-refractivity contribution in [3.8, 4) is 0 Å². The summed E-state index contributed by atoms with van der Waals surface area (Å²) in [5.41, 5.74) is 0. The van der Waals surface area contributed by atoms with Crippen LogP contribution < -0.4 is 10.6 Å². The summed E-state index contributed by atoms with van der Waals surface area (Å²) in [4.78, 5) is 29.8. The molecule has 1 saturated heterocycles. The Morgan fingerprint density at radius 1 is 0.660 bits per heavy atom. The highest BCUT2D eigenvalue weighted by Crippen LogP contribution is 2.26. The summed E-state index contributed by atoms with van der Waals surface area (Å²) in [6, 6.07) is 0. The number of alkyl carbamates (subject to hydrolysis) is 1. The van der Waals surface area contributed by atoms with Gasteiger partial charge >= 0.3 is 6.09 Å². The Bertz CT molecular complexity index is 746. The van der Waals surface area contributed by atoms with Crippen LogP contribution in [0.4, 0.5) is 4.79 Å². The number of ether oxygens (including phenoxy) is 1. The maximum absolute atomic E-state index is 12.8. The lowest BCUT2D eigenvalue weighted by molar-refractivity contribution is -0.127. The number of likely N-dealkylation sites (tertiary alicyclic amines) is 1. The van der Waals surface area contributed by atoms with Gasteiger partial charge in [0.05, 0.1) is 6.61 Å². The molecule has 1 fully saturated rings. The van der Waals surface area contributed by atoms with Gasteiger partial charge in [-0.25, -0.2) is 4.79 Å². The zero-order valence-corrected chi connectivity index (χ0v) is 31.6. The molecule has 2 atom stereocenters. The lowest BCUT2D eigenvalue weighted by atomic mass is 9.83. The third-order valence-corrected chi connectivity index (χ3v) is 10.1. The maximum atomic E-state index is 12.8. The quantitative estimate of drug-likeness (QED) is 0.0713. The number of hydrogen-bond acceptors (Lipinski definition) is 5. The van der Waals surface area contributed by atoms with Gasteiger partial charge in [-0.3, -0.25) is 4.79 Å². The molecule has 7 heteroatoms. The third kappa shape index (κ3) is 24.2. The summed E-state index contributed by atoms with van der Waals surface area (Å²) in [7, 11) is 0. The van der Waals surface area contributed by atoms with Crippen LogP contribution in [0.25, 0.3) is 0 Å². The number of rotatable bonds is 26. The molecule has 1 heterocycles. The van der Waals surface area contributed by atoms with E-state index in [-0.39, 0.29) is 23.8 Å². The number of nitrogens with zero attached hydrogens (tertiary/aromatic N) is 2. The molecule has 47 heavy (non-hydrogen) atoms.